The van der Waals surface area contributed by atoms with Gasteiger partial charge in [-0.3, -0.25) is 0 Å². The monoisotopic (exact) mass is 363 g/mol. The highest BCUT2D eigenvalue weighted by Gasteiger charge is 2.22. The highest BCUT2D eigenvalue weighted by molar-refractivity contribution is 5.96. The van der Waals surface area contributed by atoms with E-state index in [2.05, 4.69) is 28.8 Å². The van der Waals surface area contributed by atoms with Gasteiger partial charge < -0.3 is 14.0 Å². The molecule has 1 aliphatic rings. The molecule has 1 heterocycles. The molecule has 1 saturated carbocycles. The number of ether oxygens (including phenoxy) is 2. The molecular weight excluding hydrogens is 338 g/mol. The second-order valence-corrected chi connectivity index (χ2v) is 7.19. The number of hydrogen-bond acceptors (Lipinski definition) is 3. The molecule has 140 valence electrons. The van der Waals surface area contributed by atoms with Crippen LogP contribution in [0.4, 0.5) is 0 Å². The van der Waals surface area contributed by atoms with E-state index in [9.17, 15) is 4.79 Å². The lowest BCUT2D eigenvalue weighted by Crippen LogP contribution is -2.13. The number of carbonyl (C=O) groups is 1. The Morgan fingerprint density at radius 2 is 1.70 bits per heavy atom. The molecule has 0 unspecified atom stereocenters. The second kappa shape index (κ2) is 7.47. The normalized spacial score (nSPS) is 15.0. The first-order valence-corrected chi connectivity index (χ1v) is 9.59. The molecule has 0 atom stereocenters. The molecule has 27 heavy (non-hydrogen) atoms. The van der Waals surface area contributed by atoms with Crippen LogP contribution in [0.2, 0.25) is 0 Å². The van der Waals surface area contributed by atoms with Gasteiger partial charge in [-0.05, 0) is 66.9 Å². The van der Waals surface area contributed by atoms with Crippen molar-refractivity contribution in [3.8, 4) is 17.0 Å². The van der Waals surface area contributed by atoms with Crippen LogP contribution in [0, 0.1) is 0 Å². The van der Waals surface area contributed by atoms with Crippen LogP contribution in [0.5, 0.6) is 5.75 Å². The molecule has 4 rings (SSSR count). The van der Waals surface area contributed by atoms with Gasteiger partial charge in [0.2, 0.25) is 0 Å². The number of methoxy groups -OCH3 is 2. The molecule has 0 saturated heterocycles. The fraction of sp³-hybridized carbons (Fsp3) is 0.348. The second-order valence-electron chi connectivity index (χ2n) is 7.19. The summed E-state index contributed by atoms with van der Waals surface area (Å²) in [6.07, 6.45) is 6.26. The highest BCUT2D eigenvalue weighted by atomic mass is 16.5. The summed E-state index contributed by atoms with van der Waals surface area (Å²) in [5.41, 5.74) is 4.13. The molecule has 3 aromatic rings. The molecule has 1 aliphatic carbocycles. The summed E-state index contributed by atoms with van der Waals surface area (Å²) in [6, 6.07) is 16.8. The van der Waals surface area contributed by atoms with Gasteiger partial charge in [0.05, 0.1) is 19.8 Å². The van der Waals surface area contributed by atoms with Gasteiger partial charge >= 0.3 is 5.97 Å². The van der Waals surface area contributed by atoms with Crippen LogP contribution in [0.15, 0.2) is 48.5 Å². The molecule has 4 heteroatoms. The predicted octanol–water partition coefficient (Wildman–Crippen LogP) is 5.61. The molecule has 4 nitrogen and oxygen atoms in total. The molecule has 0 bridgehead atoms. The Kier molecular flexibility index (Phi) is 4.88. The number of fused-ring (bicyclic) bond motifs is 1. The molecule has 0 radical (unpaired) electrons. The first-order chi connectivity index (χ1) is 13.2. The number of rotatable bonds is 4. The molecular formula is C23H25NO3. The maximum Gasteiger partial charge on any atom is 0.337 e. The largest absolute Gasteiger partial charge is 0.497 e. The number of nitrogens with zero attached hydrogens (tertiary/aromatic N) is 1. The molecule has 2 aromatic carbocycles. The molecule has 0 spiro atoms. The van der Waals surface area contributed by atoms with Crippen LogP contribution in [0.25, 0.3) is 22.2 Å². The standard InChI is InChI=1S/C23H25NO3/c1-26-20-11-8-16(9-12-20)22-15-18-14-17(23(25)27-2)10-13-21(18)24(22)19-6-4-3-5-7-19/h8-15,19H,3-7H2,1-2H3. The fourth-order valence-electron chi connectivity index (χ4n) is 4.20. The number of aromatic nitrogens is 1. The minimum absolute atomic E-state index is 0.298. The van der Waals surface area contributed by atoms with E-state index in [0.29, 0.717) is 11.6 Å². The van der Waals surface area contributed by atoms with Crippen molar-refractivity contribution in [3.63, 3.8) is 0 Å². The van der Waals surface area contributed by atoms with Crippen molar-refractivity contribution in [2.24, 2.45) is 0 Å². The van der Waals surface area contributed by atoms with Gasteiger partial charge in [0, 0.05) is 22.6 Å². The summed E-state index contributed by atoms with van der Waals surface area (Å²) in [5.74, 6) is 0.556. The molecule has 0 amide bonds. The Hall–Kier alpha value is -2.75. The van der Waals surface area contributed by atoms with Crippen LogP contribution >= 0.6 is 0 Å². The van der Waals surface area contributed by atoms with Crippen molar-refractivity contribution < 1.29 is 14.3 Å². The van der Waals surface area contributed by atoms with Gasteiger partial charge in [0.15, 0.2) is 0 Å². The molecule has 1 fully saturated rings. The number of carbonyl (C=O) groups excluding carboxylic acids is 1. The van der Waals surface area contributed by atoms with Gasteiger partial charge in [-0.1, -0.05) is 19.3 Å². The summed E-state index contributed by atoms with van der Waals surface area (Å²) < 4.78 is 12.7. The first-order valence-electron chi connectivity index (χ1n) is 9.59. The lowest BCUT2D eigenvalue weighted by atomic mass is 9.94. The first kappa shape index (κ1) is 17.7. The fourth-order valence-corrected chi connectivity index (χ4v) is 4.20. The van der Waals surface area contributed by atoms with Gasteiger partial charge in [-0.15, -0.1) is 0 Å². The van der Waals surface area contributed by atoms with E-state index >= 15 is 0 Å². The van der Waals surface area contributed by atoms with Crippen LogP contribution in [-0.2, 0) is 4.74 Å². The van der Waals surface area contributed by atoms with Crippen molar-refractivity contribution in [1.29, 1.82) is 0 Å². The summed E-state index contributed by atoms with van der Waals surface area (Å²) in [5, 5.41) is 1.08. The molecule has 0 N–H and O–H groups in total. The van der Waals surface area contributed by atoms with E-state index < -0.39 is 0 Å². The minimum atomic E-state index is -0.298. The maximum absolute atomic E-state index is 11.9. The van der Waals surface area contributed by atoms with E-state index in [0.717, 1.165) is 16.7 Å². The average Bonchev–Trinajstić information content (AvgIpc) is 3.12. The van der Waals surface area contributed by atoms with Crippen molar-refractivity contribution >= 4 is 16.9 Å². The lowest BCUT2D eigenvalue weighted by Gasteiger charge is -2.26. The Labute approximate surface area is 159 Å². The van der Waals surface area contributed by atoms with E-state index in [1.807, 2.05) is 24.3 Å². The maximum atomic E-state index is 11.9. The number of esters is 1. The Morgan fingerprint density at radius 3 is 2.37 bits per heavy atom. The number of hydrogen-bond donors (Lipinski definition) is 0. The molecule has 0 aliphatic heterocycles. The van der Waals surface area contributed by atoms with E-state index in [1.54, 1.807) is 7.11 Å². The van der Waals surface area contributed by atoms with Crippen LogP contribution < -0.4 is 4.74 Å². The smallest absolute Gasteiger partial charge is 0.337 e. The van der Waals surface area contributed by atoms with Crippen molar-refractivity contribution in [3.05, 3.63) is 54.1 Å². The predicted molar refractivity (Wildman–Crippen MR) is 107 cm³/mol. The molecule has 1 aromatic heterocycles. The third-order valence-corrected chi connectivity index (χ3v) is 5.59. The Balaban J connectivity index is 1.87. The van der Waals surface area contributed by atoms with Gasteiger partial charge in [-0.25, -0.2) is 4.79 Å². The zero-order valence-corrected chi connectivity index (χ0v) is 15.9. The van der Waals surface area contributed by atoms with Gasteiger partial charge in [0.25, 0.3) is 0 Å². The highest BCUT2D eigenvalue weighted by Crippen LogP contribution is 2.38. The topological polar surface area (TPSA) is 40.5 Å². The number of benzene rings is 2. The minimum Gasteiger partial charge on any atom is -0.497 e. The van der Waals surface area contributed by atoms with Gasteiger partial charge in [-0.2, -0.15) is 0 Å². The summed E-state index contributed by atoms with van der Waals surface area (Å²) in [6.45, 7) is 0. The van der Waals surface area contributed by atoms with E-state index in [-0.39, 0.29) is 5.97 Å². The zero-order chi connectivity index (χ0) is 18.8. The summed E-state index contributed by atoms with van der Waals surface area (Å²) in [4.78, 5) is 11.9. The van der Waals surface area contributed by atoms with Crippen LogP contribution in [0.3, 0.4) is 0 Å². The van der Waals surface area contributed by atoms with Gasteiger partial charge in [0.1, 0.15) is 5.75 Å². The third-order valence-electron chi connectivity index (χ3n) is 5.59. The van der Waals surface area contributed by atoms with Crippen LogP contribution in [0.1, 0.15) is 48.5 Å². The average molecular weight is 363 g/mol. The van der Waals surface area contributed by atoms with E-state index in [1.165, 1.54) is 50.4 Å². The Bertz CT molecular complexity index is 950. The summed E-state index contributed by atoms with van der Waals surface area (Å²) >= 11 is 0. The SMILES string of the molecule is COC(=O)c1ccc2c(c1)cc(-c1ccc(OC)cc1)n2C1CCCCC1. The summed E-state index contributed by atoms with van der Waals surface area (Å²) in [7, 11) is 3.10. The quantitative estimate of drug-likeness (QED) is 0.566. The third kappa shape index (κ3) is 3.32. The lowest BCUT2D eigenvalue weighted by molar-refractivity contribution is 0.0601. The van der Waals surface area contributed by atoms with E-state index in [4.69, 9.17) is 9.47 Å². The van der Waals surface area contributed by atoms with Crippen molar-refractivity contribution in [2.45, 2.75) is 38.1 Å². The Morgan fingerprint density at radius 1 is 0.963 bits per heavy atom. The van der Waals surface area contributed by atoms with Crippen molar-refractivity contribution in [2.75, 3.05) is 14.2 Å². The van der Waals surface area contributed by atoms with Crippen molar-refractivity contribution in [1.82, 2.24) is 4.57 Å². The zero-order valence-electron chi connectivity index (χ0n) is 15.9. The van der Waals surface area contributed by atoms with Crippen LogP contribution in [-0.4, -0.2) is 24.8 Å².